The summed E-state index contributed by atoms with van der Waals surface area (Å²) in [7, 11) is -2.94. The summed E-state index contributed by atoms with van der Waals surface area (Å²) in [6.45, 7) is 0. The SMILES string of the molecule is COC(=O)C(Cc1ccc(F)cc1)NS(=O)(=O)c1cc(Cl)cc(Cl)c1. The lowest BCUT2D eigenvalue weighted by molar-refractivity contribution is -0.142. The van der Waals surface area contributed by atoms with Crippen molar-refractivity contribution in [2.24, 2.45) is 0 Å². The molecule has 0 saturated carbocycles. The number of esters is 1. The standard InChI is InChI=1S/C16H14Cl2FNO4S/c1-24-16(21)15(6-10-2-4-13(19)5-3-10)20-25(22,23)14-8-11(17)7-12(18)9-14/h2-5,7-9,15,20H,6H2,1H3. The van der Waals surface area contributed by atoms with Gasteiger partial charge in [-0.3, -0.25) is 4.79 Å². The highest BCUT2D eigenvalue weighted by atomic mass is 35.5. The number of methoxy groups -OCH3 is 1. The molecule has 0 fully saturated rings. The molecule has 1 unspecified atom stereocenters. The number of carbonyl (C=O) groups excluding carboxylic acids is 1. The molecule has 1 atom stereocenters. The molecule has 0 amide bonds. The van der Waals surface area contributed by atoms with Crippen LogP contribution in [-0.2, 0) is 26.0 Å². The van der Waals surface area contributed by atoms with E-state index < -0.39 is 27.9 Å². The molecule has 0 bridgehead atoms. The van der Waals surface area contributed by atoms with Crippen molar-refractivity contribution in [3.8, 4) is 0 Å². The Morgan fingerprint density at radius 1 is 1.16 bits per heavy atom. The first-order chi connectivity index (χ1) is 11.7. The minimum absolute atomic E-state index is 0.0134. The van der Waals surface area contributed by atoms with Crippen molar-refractivity contribution in [2.75, 3.05) is 7.11 Å². The molecule has 0 aliphatic rings. The molecule has 25 heavy (non-hydrogen) atoms. The van der Waals surface area contributed by atoms with Crippen LogP contribution in [0.15, 0.2) is 47.4 Å². The number of nitrogens with one attached hydrogen (secondary N) is 1. The molecule has 0 aliphatic carbocycles. The van der Waals surface area contributed by atoms with Crippen LogP contribution in [0.1, 0.15) is 5.56 Å². The first-order valence-electron chi connectivity index (χ1n) is 7.02. The van der Waals surface area contributed by atoms with Crippen LogP contribution >= 0.6 is 23.2 Å². The predicted octanol–water partition coefficient (Wildman–Crippen LogP) is 3.20. The van der Waals surface area contributed by atoms with E-state index in [4.69, 9.17) is 23.2 Å². The molecule has 9 heteroatoms. The van der Waals surface area contributed by atoms with E-state index in [1.165, 1.54) is 42.5 Å². The molecule has 5 nitrogen and oxygen atoms in total. The third kappa shape index (κ3) is 5.40. The van der Waals surface area contributed by atoms with Gasteiger partial charge in [0.15, 0.2) is 0 Å². The fourth-order valence-corrected chi connectivity index (χ4v) is 4.02. The topological polar surface area (TPSA) is 72.5 Å². The lowest BCUT2D eigenvalue weighted by Gasteiger charge is -2.17. The van der Waals surface area contributed by atoms with E-state index in [-0.39, 0.29) is 21.4 Å². The normalized spacial score (nSPS) is 12.6. The van der Waals surface area contributed by atoms with Gasteiger partial charge in [0.2, 0.25) is 10.0 Å². The minimum Gasteiger partial charge on any atom is -0.468 e. The molecular weight excluding hydrogens is 392 g/mol. The van der Waals surface area contributed by atoms with Crippen LogP contribution in [0.4, 0.5) is 4.39 Å². The molecule has 2 rings (SSSR count). The first-order valence-corrected chi connectivity index (χ1v) is 9.26. The maximum absolute atomic E-state index is 13.0. The summed E-state index contributed by atoms with van der Waals surface area (Å²) in [5.41, 5.74) is 0.559. The summed E-state index contributed by atoms with van der Waals surface area (Å²) in [5.74, 6) is -1.21. The molecule has 0 radical (unpaired) electrons. The van der Waals surface area contributed by atoms with Crippen LogP contribution in [0.3, 0.4) is 0 Å². The molecule has 2 aromatic carbocycles. The summed E-state index contributed by atoms with van der Waals surface area (Å²) < 4.78 is 44.9. The maximum atomic E-state index is 13.0. The fraction of sp³-hybridized carbons (Fsp3) is 0.188. The van der Waals surface area contributed by atoms with Crippen molar-refractivity contribution < 1.29 is 22.3 Å². The highest BCUT2D eigenvalue weighted by Crippen LogP contribution is 2.22. The minimum atomic E-state index is -4.08. The van der Waals surface area contributed by atoms with Crippen LogP contribution in [0.5, 0.6) is 0 Å². The van der Waals surface area contributed by atoms with Gasteiger partial charge in [-0.15, -0.1) is 0 Å². The van der Waals surface area contributed by atoms with E-state index in [1.807, 2.05) is 0 Å². The highest BCUT2D eigenvalue weighted by Gasteiger charge is 2.27. The highest BCUT2D eigenvalue weighted by molar-refractivity contribution is 7.89. The number of rotatable bonds is 6. The monoisotopic (exact) mass is 405 g/mol. The Morgan fingerprint density at radius 2 is 1.72 bits per heavy atom. The van der Waals surface area contributed by atoms with Gasteiger partial charge < -0.3 is 4.74 Å². The Hall–Kier alpha value is -1.67. The Bertz CT molecular complexity index is 852. The number of benzene rings is 2. The van der Waals surface area contributed by atoms with Gasteiger partial charge in [0.05, 0.1) is 12.0 Å². The van der Waals surface area contributed by atoms with E-state index in [0.717, 1.165) is 7.11 Å². The van der Waals surface area contributed by atoms with Crippen molar-refractivity contribution in [3.63, 3.8) is 0 Å². The second kappa shape index (κ2) is 8.14. The van der Waals surface area contributed by atoms with Crippen molar-refractivity contribution in [2.45, 2.75) is 17.4 Å². The van der Waals surface area contributed by atoms with Gasteiger partial charge in [-0.25, -0.2) is 12.8 Å². The number of carbonyl (C=O) groups is 1. The molecule has 0 spiro atoms. The third-order valence-corrected chi connectivity index (χ3v) is 5.17. The second-order valence-corrected chi connectivity index (χ2v) is 7.72. The maximum Gasteiger partial charge on any atom is 0.324 e. The van der Waals surface area contributed by atoms with Gasteiger partial charge in [0, 0.05) is 10.0 Å². The van der Waals surface area contributed by atoms with E-state index in [2.05, 4.69) is 9.46 Å². The zero-order valence-corrected chi connectivity index (χ0v) is 15.3. The number of halogens is 3. The van der Waals surface area contributed by atoms with Gasteiger partial charge in [-0.1, -0.05) is 35.3 Å². The van der Waals surface area contributed by atoms with Crippen molar-refractivity contribution in [1.29, 1.82) is 0 Å². The Balaban J connectivity index is 2.29. The lowest BCUT2D eigenvalue weighted by atomic mass is 10.1. The molecule has 0 heterocycles. The lowest BCUT2D eigenvalue weighted by Crippen LogP contribution is -2.43. The largest absolute Gasteiger partial charge is 0.468 e. The summed E-state index contributed by atoms with van der Waals surface area (Å²) in [5, 5.41) is 0.280. The molecule has 0 aromatic heterocycles. The Labute approximate surface area is 154 Å². The summed E-state index contributed by atoms with van der Waals surface area (Å²) in [6.07, 6.45) is -0.0134. The van der Waals surface area contributed by atoms with Gasteiger partial charge in [-0.05, 0) is 42.3 Å². The first kappa shape index (κ1) is 19.7. The van der Waals surface area contributed by atoms with Gasteiger partial charge in [0.1, 0.15) is 11.9 Å². The number of ether oxygens (including phenoxy) is 1. The smallest absolute Gasteiger partial charge is 0.324 e. The summed E-state index contributed by atoms with van der Waals surface area (Å²) in [4.78, 5) is 11.8. The van der Waals surface area contributed by atoms with Crippen molar-refractivity contribution >= 4 is 39.2 Å². The van der Waals surface area contributed by atoms with E-state index >= 15 is 0 Å². The molecule has 0 aliphatic heterocycles. The molecule has 2 aromatic rings. The van der Waals surface area contributed by atoms with Crippen LogP contribution in [-0.4, -0.2) is 27.5 Å². The van der Waals surface area contributed by atoms with Crippen molar-refractivity contribution in [1.82, 2.24) is 4.72 Å². The molecule has 0 saturated heterocycles. The van der Waals surface area contributed by atoms with Crippen LogP contribution < -0.4 is 4.72 Å². The average Bonchev–Trinajstić information content (AvgIpc) is 2.54. The average molecular weight is 406 g/mol. The second-order valence-electron chi connectivity index (χ2n) is 5.13. The quantitative estimate of drug-likeness (QED) is 0.748. The van der Waals surface area contributed by atoms with Crippen LogP contribution in [0.2, 0.25) is 10.0 Å². The molecule has 1 N–H and O–H groups in total. The van der Waals surface area contributed by atoms with Gasteiger partial charge in [0.25, 0.3) is 0 Å². The van der Waals surface area contributed by atoms with E-state index in [9.17, 15) is 17.6 Å². The zero-order valence-electron chi connectivity index (χ0n) is 13.0. The Morgan fingerprint density at radius 3 is 2.24 bits per heavy atom. The summed E-state index contributed by atoms with van der Waals surface area (Å²) >= 11 is 11.6. The third-order valence-electron chi connectivity index (χ3n) is 3.28. The van der Waals surface area contributed by atoms with Crippen molar-refractivity contribution in [3.05, 3.63) is 63.9 Å². The van der Waals surface area contributed by atoms with Crippen LogP contribution in [0.25, 0.3) is 0 Å². The molecule has 134 valence electrons. The van der Waals surface area contributed by atoms with Crippen LogP contribution in [0, 0.1) is 5.82 Å². The summed E-state index contributed by atoms with van der Waals surface area (Å²) in [6, 6.07) is 7.95. The predicted molar refractivity (Wildman–Crippen MR) is 92.7 cm³/mol. The number of hydrogen-bond donors (Lipinski definition) is 1. The van der Waals surface area contributed by atoms with E-state index in [0.29, 0.717) is 5.56 Å². The molecular formula is C16H14Cl2FNO4S. The van der Waals surface area contributed by atoms with Gasteiger partial charge >= 0.3 is 5.97 Å². The number of hydrogen-bond acceptors (Lipinski definition) is 4. The zero-order chi connectivity index (χ0) is 18.6. The Kier molecular flexibility index (Phi) is 6.40. The number of sulfonamides is 1. The fourth-order valence-electron chi connectivity index (χ4n) is 2.11. The van der Waals surface area contributed by atoms with E-state index in [1.54, 1.807) is 0 Å². The van der Waals surface area contributed by atoms with Gasteiger partial charge in [-0.2, -0.15) is 4.72 Å².